The van der Waals surface area contributed by atoms with Gasteiger partial charge in [-0.25, -0.2) is 13.8 Å². The number of aliphatic hydroxyl groups excluding tert-OH is 1. The fraction of sp³-hybridized carbons (Fsp3) is 0.615. The molecule has 2 N–H and O–H groups in total. The molecule has 2 heterocycles. The molecule has 0 aromatic carbocycles. The third-order valence-corrected chi connectivity index (χ3v) is 3.33. The van der Waals surface area contributed by atoms with Crippen LogP contribution in [0.2, 0.25) is 0 Å². The fourth-order valence-corrected chi connectivity index (χ4v) is 2.38. The van der Waals surface area contributed by atoms with E-state index in [9.17, 15) is 13.9 Å². The maximum Gasteiger partial charge on any atom is 0.168 e. The summed E-state index contributed by atoms with van der Waals surface area (Å²) in [4.78, 5) is 5.81. The first-order chi connectivity index (χ1) is 9.15. The molecule has 1 aromatic rings. The summed E-state index contributed by atoms with van der Waals surface area (Å²) in [7, 11) is 0. The smallest absolute Gasteiger partial charge is 0.168 e. The maximum atomic E-state index is 13.9. The van der Waals surface area contributed by atoms with E-state index < -0.39 is 11.6 Å². The number of piperidine rings is 1. The van der Waals surface area contributed by atoms with Crippen molar-refractivity contribution in [1.29, 1.82) is 0 Å². The Morgan fingerprint density at radius 3 is 2.95 bits per heavy atom. The summed E-state index contributed by atoms with van der Waals surface area (Å²) >= 11 is 0. The van der Waals surface area contributed by atoms with E-state index in [-0.39, 0.29) is 24.2 Å². The maximum absolute atomic E-state index is 13.9. The zero-order valence-corrected chi connectivity index (χ0v) is 11.0. The molecule has 2 rings (SSSR count). The molecule has 0 spiro atoms. The number of anilines is 2. The monoisotopic (exact) mass is 271 g/mol. The Morgan fingerprint density at radius 1 is 1.47 bits per heavy atom. The lowest BCUT2D eigenvalue weighted by atomic mass is 9.99. The van der Waals surface area contributed by atoms with Gasteiger partial charge in [0.15, 0.2) is 23.3 Å². The Morgan fingerprint density at radius 2 is 2.26 bits per heavy atom. The van der Waals surface area contributed by atoms with Crippen molar-refractivity contribution in [1.82, 2.24) is 4.98 Å². The molecule has 1 aromatic heterocycles. The highest BCUT2D eigenvalue weighted by molar-refractivity contribution is 5.49. The fourth-order valence-electron chi connectivity index (χ4n) is 2.38. The van der Waals surface area contributed by atoms with Crippen molar-refractivity contribution in [3.8, 4) is 0 Å². The van der Waals surface area contributed by atoms with Crippen LogP contribution in [0.3, 0.4) is 0 Å². The average molecular weight is 271 g/mol. The van der Waals surface area contributed by atoms with Crippen LogP contribution in [0, 0.1) is 17.6 Å². The van der Waals surface area contributed by atoms with Crippen LogP contribution in [0.25, 0.3) is 0 Å². The van der Waals surface area contributed by atoms with E-state index in [2.05, 4.69) is 10.3 Å². The first-order valence-corrected chi connectivity index (χ1v) is 6.61. The topological polar surface area (TPSA) is 48.4 Å². The lowest BCUT2D eigenvalue weighted by Gasteiger charge is -2.33. The third kappa shape index (κ3) is 3.12. The summed E-state index contributed by atoms with van der Waals surface area (Å²) in [6, 6.07) is 0.864. The van der Waals surface area contributed by atoms with Gasteiger partial charge in [-0.2, -0.15) is 0 Å². The largest absolute Gasteiger partial charge is 0.396 e. The number of hydrogen-bond donors (Lipinski definition) is 2. The molecule has 4 nitrogen and oxygen atoms in total. The van der Waals surface area contributed by atoms with Crippen molar-refractivity contribution in [2.24, 2.45) is 5.92 Å². The highest BCUT2D eigenvalue weighted by atomic mass is 19.1. The van der Waals surface area contributed by atoms with Gasteiger partial charge < -0.3 is 15.3 Å². The van der Waals surface area contributed by atoms with E-state index in [1.54, 1.807) is 4.90 Å². The molecule has 19 heavy (non-hydrogen) atoms. The van der Waals surface area contributed by atoms with Gasteiger partial charge in [0, 0.05) is 32.3 Å². The highest BCUT2D eigenvalue weighted by Crippen LogP contribution is 2.26. The Bertz CT molecular complexity index is 442. The van der Waals surface area contributed by atoms with E-state index in [0.717, 1.165) is 18.9 Å². The summed E-state index contributed by atoms with van der Waals surface area (Å²) in [5.74, 6) is -0.973. The van der Waals surface area contributed by atoms with Crippen LogP contribution in [0.15, 0.2) is 6.07 Å². The van der Waals surface area contributed by atoms with Gasteiger partial charge in [-0.05, 0) is 25.7 Å². The molecular weight excluding hydrogens is 252 g/mol. The van der Waals surface area contributed by atoms with Gasteiger partial charge >= 0.3 is 0 Å². The van der Waals surface area contributed by atoms with Crippen LogP contribution in [-0.2, 0) is 0 Å². The number of hydrogen-bond acceptors (Lipinski definition) is 4. The quantitative estimate of drug-likeness (QED) is 0.879. The number of aromatic nitrogens is 1. The molecule has 1 aliphatic rings. The number of nitrogens with zero attached hydrogens (tertiary/aromatic N) is 2. The molecule has 106 valence electrons. The van der Waals surface area contributed by atoms with Crippen LogP contribution in [0.5, 0.6) is 0 Å². The SMILES string of the molecule is CCNc1nc(N2CCCC(CO)C2)c(F)cc1F. The summed E-state index contributed by atoms with van der Waals surface area (Å²) in [6.45, 7) is 3.66. The molecule has 6 heteroatoms. The molecule has 1 unspecified atom stereocenters. The molecular formula is C13H19F2N3O. The second kappa shape index (κ2) is 6.14. The molecule has 0 saturated carbocycles. The van der Waals surface area contributed by atoms with Crippen LogP contribution < -0.4 is 10.2 Å². The zero-order chi connectivity index (χ0) is 13.8. The third-order valence-electron chi connectivity index (χ3n) is 3.33. The van der Waals surface area contributed by atoms with E-state index in [0.29, 0.717) is 19.6 Å². The van der Waals surface area contributed by atoms with E-state index >= 15 is 0 Å². The van der Waals surface area contributed by atoms with Crippen LogP contribution in [0.1, 0.15) is 19.8 Å². The van der Waals surface area contributed by atoms with Crippen molar-refractivity contribution in [3.63, 3.8) is 0 Å². The summed E-state index contributed by atoms with van der Waals surface area (Å²) < 4.78 is 27.4. The van der Waals surface area contributed by atoms with E-state index in [4.69, 9.17) is 0 Å². The van der Waals surface area contributed by atoms with Crippen molar-refractivity contribution >= 4 is 11.6 Å². The lowest BCUT2D eigenvalue weighted by Crippen LogP contribution is -2.38. The van der Waals surface area contributed by atoms with Crippen molar-refractivity contribution in [2.75, 3.05) is 36.5 Å². The van der Waals surface area contributed by atoms with Crippen molar-refractivity contribution in [3.05, 3.63) is 17.7 Å². The number of halogens is 2. The normalized spacial score (nSPS) is 19.6. The minimum atomic E-state index is -0.682. The number of rotatable bonds is 4. The number of nitrogens with one attached hydrogen (secondary N) is 1. The molecule has 0 radical (unpaired) electrons. The standard InChI is InChI=1S/C13H19F2N3O/c1-2-16-12-10(14)6-11(15)13(17-12)18-5-3-4-9(7-18)8-19/h6,9,19H,2-5,7-8H2,1H3,(H,16,17). The van der Waals surface area contributed by atoms with Crippen LogP contribution in [0.4, 0.5) is 20.4 Å². The Balaban J connectivity index is 2.25. The van der Waals surface area contributed by atoms with Crippen LogP contribution in [-0.4, -0.2) is 36.3 Å². The summed E-state index contributed by atoms with van der Waals surface area (Å²) in [5, 5.41) is 12.0. The number of aliphatic hydroxyl groups is 1. The average Bonchev–Trinajstić information content (AvgIpc) is 2.42. The van der Waals surface area contributed by atoms with E-state index in [1.165, 1.54) is 0 Å². The predicted octanol–water partition coefficient (Wildman–Crippen LogP) is 2.00. The lowest BCUT2D eigenvalue weighted by molar-refractivity contribution is 0.208. The van der Waals surface area contributed by atoms with Gasteiger partial charge in [0.2, 0.25) is 0 Å². The number of pyridine rings is 1. The second-order valence-electron chi connectivity index (χ2n) is 4.79. The van der Waals surface area contributed by atoms with Gasteiger partial charge in [-0.1, -0.05) is 0 Å². The summed E-state index contributed by atoms with van der Waals surface area (Å²) in [6.07, 6.45) is 1.80. The molecule has 0 bridgehead atoms. The van der Waals surface area contributed by atoms with Gasteiger partial charge in [0.05, 0.1) is 0 Å². The first-order valence-electron chi connectivity index (χ1n) is 6.61. The van der Waals surface area contributed by atoms with Crippen molar-refractivity contribution in [2.45, 2.75) is 19.8 Å². The second-order valence-corrected chi connectivity index (χ2v) is 4.79. The minimum Gasteiger partial charge on any atom is -0.396 e. The zero-order valence-electron chi connectivity index (χ0n) is 11.0. The molecule has 0 amide bonds. The summed E-state index contributed by atoms with van der Waals surface area (Å²) in [5.41, 5.74) is 0. The molecule has 1 atom stereocenters. The van der Waals surface area contributed by atoms with Gasteiger partial charge in [0.1, 0.15) is 0 Å². The molecule has 0 aliphatic carbocycles. The Hall–Kier alpha value is -1.43. The van der Waals surface area contributed by atoms with E-state index in [1.807, 2.05) is 6.92 Å². The van der Waals surface area contributed by atoms with Crippen LogP contribution >= 0.6 is 0 Å². The highest BCUT2D eigenvalue weighted by Gasteiger charge is 2.24. The predicted molar refractivity (Wildman–Crippen MR) is 70.3 cm³/mol. The molecule has 1 fully saturated rings. The first kappa shape index (κ1) is 14.0. The Kier molecular flexibility index (Phi) is 4.52. The minimum absolute atomic E-state index is 0.0741. The molecule has 1 saturated heterocycles. The van der Waals surface area contributed by atoms with Crippen molar-refractivity contribution < 1.29 is 13.9 Å². The Labute approximate surface area is 111 Å². The van der Waals surface area contributed by atoms with Gasteiger partial charge in [-0.15, -0.1) is 0 Å². The van der Waals surface area contributed by atoms with Gasteiger partial charge in [0.25, 0.3) is 0 Å². The molecule has 1 aliphatic heterocycles. The van der Waals surface area contributed by atoms with Gasteiger partial charge in [-0.3, -0.25) is 0 Å².